The predicted octanol–water partition coefficient (Wildman–Crippen LogP) is -0.752. The van der Waals surface area contributed by atoms with E-state index in [0.29, 0.717) is 0 Å². The minimum atomic E-state index is -1.26. The van der Waals surface area contributed by atoms with Crippen LogP contribution in [0.3, 0.4) is 0 Å². The number of carboxylic acids is 1. The Morgan fingerprint density at radius 2 is 2.29 bits per heavy atom. The third-order valence-electron chi connectivity index (χ3n) is 1.56. The van der Waals surface area contributed by atoms with Crippen LogP contribution in [-0.2, 0) is 4.79 Å². The second-order valence-corrected chi connectivity index (χ2v) is 2.65. The molecule has 1 rings (SSSR count). The van der Waals surface area contributed by atoms with E-state index in [2.05, 4.69) is 4.98 Å². The highest BCUT2D eigenvalue weighted by molar-refractivity contribution is 5.86. The molecule has 0 fully saturated rings. The van der Waals surface area contributed by atoms with Gasteiger partial charge in [-0.25, -0.2) is 9.78 Å². The van der Waals surface area contributed by atoms with E-state index in [0.717, 1.165) is 6.39 Å². The standard InChI is InChI=1S/C7H9N3O4/c8-3(1-4(9)11)6-5(7(12)13)10-2-14-6/h2-3H,1,8H2,(H2,9,11)(H,12,13)/t3-/m1/s1. The Bertz CT molecular complexity index is 360. The monoisotopic (exact) mass is 199 g/mol. The number of carboxylic acid groups (broad SMARTS) is 1. The molecule has 5 N–H and O–H groups in total. The summed E-state index contributed by atoms with van der Waals surface area (Å²) < 4.78 is 4.76. The fourth-order valence-corrected chi connectivity index (χ4v) is 0.988. The van der Waals surface area contributed by atoms with Crippen LogP contribution < -0.4 is 11.5 Å². The number of primary amides is 1. The Kier molecular flexibility index (Phi) is 2.82. The van der Waals surface area contributed by atoms with Gasteiger partial charge in [0.15, 0.2) is 17.8 Å². The van der Waals surface area contributed by atoms with Gasteiger partial charge in [0.2, 0.25) is 5.91 Å². The molecule has 7 heteroatoms. The van der Waals surface area contributed by atoms with Crippen LogP contribution in [0, 0.1) is 0 Å². The van der Waals surface area contributed by atoms with Crippen molar-refractivity contribution in [1.82, 2.24) is 4.98 Å². The average Bonchev–Trinajstić information content (AvgIpc) is 2.49. The van der Waals surface area contributed by atoms with Crippen molar-refractivity contribution in [2.75, 3.05) is 0 Å². The lowest BCUT2D eigenvalue weighted by atomic mass is 10.1. The number of rotatable bonds is 4. The van der Waals surface area contributed by atoms with Gasteiger partial charge in [-0.2, -0.15) is 0 Å². The van der Waals surface area contributed by atoms with Crippen molar-refractivity contribution < 1.29 is 19.1 Å². The van der Waals surface area contributed by atoms with Gasteiger partial charge in [0, 0.05) is 6.42 Å². The molecule has 0 aliphatic heterocycles. The number of hydrogen-bond donors (Lipinski definition) is 3. The third-order valence-corrected chi connectivity index (χ3v) is 1.56. The number of carbonyl (C=O) groups is 2. The number of hydrogen-bond acceptors (Lipinski definition) is 5. The molecule has 0 aliphatic rings. The van der Waals surface area contributed by atoms with Crippen molar-refractivity contribution in [3.8, 4) is 0 Å². The van der Waals surface area contributed by atoms with Crippen LogP contribution in [0.5, 0.6) is 0 Å². The Hall–Kier alpha value is -1.89. The average molecular weight is 199 g/mol. The molecule has 0 spiro atoms. The second-order valence-electron chi connectivity index (χ2n) is 2.65. The first kappa shape index (κ1) is 10.2. The number of oxazole rings is 1. The topological polar surface area (TPSA) is 132 Å². The summed E-state index contributed by atoms with van der Waals surface area (Å²) in [5.74, 6) is -1.93. The molecule has 1 amide bonds. The van der Waals surface area contributed by atoms with Crippen LogP contribution in [-0.4, -0.2) is 22.0 Å². The molecule has 0 unspecified atom stereocenters. The highest BCUT2D eigenvalue weighted by Gasteiger charge is 2.22. The number of aromatic nitrogens is 1. The molecule has 0 aromatic carbocycles. The van der Waals surface area contributed by atoms with Gasteiger partial charge < -0.3 is 21.0 Å². The van der Waals surface area contributed by atoms with E-state index >= 15 is 0 Å². The molecule has 0 saturated carbocycles. The van der Waals surface area contributed by atoms with Gasteiger partial charge in [-0.15, -0.1) is 0 Å². The normalized spacial score (nSPS) is 12.4. The van der Waals surface area contributed by atoms with Crippen molar-refractivity contribution in [2.24, 2.45) is 11.5 Å². The van der Waals surface area contributed by atoms with E-state index in [1.807, 2.05) is 0 Å². The minimum Gasteiger partial charge on any atom is -0.476 e. The van der Waals surface area contributed by atoms with Crippen molar-refractivity contribution >= 4 is 11.9 Å². The van der Waals surface area contributed by atoms with E-state index in [9.17, 15) is 9.59 Å². The SMILES string of the molecule is NC(=O)C[C@@H](N)c1ocnc1C(=O)O. The lowest BCUT2D eigenvalue weighted by molar-refractivity contribution is -0.118. The summed E-state index contributed by atoms with van der Waals surface area (Å²) in [6.45, 7) is 0. The van der Waals surface area contributed by atoms with E-state index in [1.54, 1.807) is 0 Å². The predicted molar refractivity (Wildman–Crippen MR) is 44.2 cm³/mol. The summed E-state index contributed by atoms with van der Waals surface area (Å²) in [4.78, 5) is 24.5. The molecular weight excluding hydrogens is 190 g/mol. The molecule has 14 heavy (non-hydrogen) atoms. The van der Waals surface area contributed by atoms with Gasteiger partial charge in [0.1, 0.15) is 0 Å². The lowest BCUT2D eigenvalue weighted by Gasteiger charge is -2.05. The molecule has 1 aromatic heterocycles. The maximum Gasteiger partial charge on any atom is 0.358 e. The van der Waals surface area contributed by atoms with Crippen molar-refractivity contribution in [3.63, 3.8) is 0 Å². The highest BCUT2D eigenvalue weighted by atomic mass is 16.4. The Labute approximate surface area is 78.7 Å². The summed E-state index contributed by atoms with van der Waals surface area (Å²) in [7, 11) is 0. The van der Waals surface area contributed by atoms with Crippen molar-refractivity contribution in [1.29, 1.82) is 0 Å². The summed E-state index contributed by atoms with van der Waals surface area (Å²) in [5, 5.41) is 8.64. The zero-order chi connectivity index (χ0) is 10.7. The quantitative estimate of drug-likeness (QED) is 0.584. The van der Waals surface area contributed by atoms with Crippen LogP contribution >= 0.6 is 0 Å². The van der Waals surface area contributed by atoms with E-state index in [4.69, 9.17) is 21.0 Å². The first-order valence-electron chi connectivity index (χ1n) is 3.73. The molecule has 76 valence electrons. The molecule has 7 nitrogen and oxygen atoms in total. The third kappa shape index (κ3) is 2.07. The number of nitrogens with zero attached hydrogens (tertiary/aromatic N) is 1. The summed E-state index contributed by atoms with van der Waals surface area (Å²) in [6.07, 6.45) is 0.773. The van der Waals surface area contributed by atoms with Crippen LogP contribution in [0.15, 0.2) is 10.8 Å². The van der Waals surface area contributed by atoms with Gasteiger partial charge in [0.25, 0.3) is 0 Å². The van der Waals surface area contributed by atoms with Gasteiger partial charge in [-0.05, 0) is 0 Å². The van der Waals surface area contributed by atoms with Crippen molar-refractivity contribution in [3.05, 3.63) is 17.8 Å². The molecule has 0 aliphatic carbocycles. The van der Waals surface area contributed by atoms with Crippen LogP contribution in [0.2, 0.25) is 0 Å². The zero-order valence-electron chi connectivity index (χ0n) is 7.14. The van der Waals surface area contributed by atoms with Crippen molar-refractivity contribution in [2.45, 2.75) is 12.5 Å². The number of carbonyl (C=O) groups excluding carboxylic acids is 1. The Morgan fingerprint density at radius 1 is 1.64 bits per heavy atom. The first-order valence-corrected chi connectivity index (χ1v) is 3.73. The fraction of sp³-hybridized carbons (Fsp3) is 0.286. The smallest absolute Gasteiger partial charge is 0.358 e. The minimum absolute atomic E-state index is 0.0451. The first-order chi connectivity index (χ1) is 6.52. The second kappa shape index (κ2) is 3.88. The maximum atomic E-state index is 10.6. The van der Waals surface area contributed by atoms with E-state index < -0.39 is 17.9 Å². The van der Waals surface area contributed by atoms with Gasteiger partial charge in [0.05, 0.1) is 6.04 Å². The maximum absolute atomic E-state index is 10.6. The highest BCUT2D eigenvalue weighted by Crippen LogP contribution is 2.17. The van der Waals surface area contributed by atoms with Crippen LogP contribution in [0.4, 0.5) is 0 Å². The molecule has 0 saturated heterocycles. The number of amides is 1. The van der Waals surface area contributed by atoms with Crippen LogP contribution in [0.1, 0.15) is 28.7 Å². The summed E-state index contributed by atoms with van der Waals surface area (Å²) >= 11 is 0. The lowest BCUT2D eigenvalue weighted by Crippen LogP contribution is -2.22. The van der Waals surface area contributed by atoms with E-state index in [1.165, 1.54) is 0 Å². The molecule has 0 bridgehead atoms. The zero-order valence-corrected chi connectivity index (χ0v) is 7.14. The molecule has 1 heterocycles. The van der Waals surface area contributed by atoms with Gasteiger partial charge in [-0.1, -0.05) is 0 Å². The molecule has 1 atom stereocenters. The fourth-order valence-electron chi connectivity index (χ4n) is 0.988. The van der Waals surface area contributed by atoms with E-state index in [-0.39, 0.29) is 17.9 Å². The summed E-state index contributed by atoms with van der Waals surface area (Å²) in [6, 6.07) is -0.874. The number of nitrogens with two attached hydrogens (primary N) is 2. The van der Waals surface area contributed by atoms with Gasteiger partial charge in [-0.3, -0.25) is 4.79 Å². The van der Waals surface area contributed by atoms with Gasteiger partial charge >= 0.3 is 5.97 Å². The molecular formula is C7H9N3O4. The molecule has 0 radical (unpaired) electrons. The number of aromatic carboxylic acids is 1. The largest absolute Gasteiger partial charge is 0.476 e. The van der Waals surface area contributed by atoms with Crippen LogP contribution in [0.25, 0.3) is 0 Å². The Balaban J connectivity index is 2.89. The Morgan fingerprint density at radius 3 is 2.79 bits per heavy atom. The molecule has 1 aromatic rings. The summed E-state index contributed by atoms with van der Waals surface area (Å²) in [5.41, 5.74) is 10.1.